The van der Waals surface area contributed by atoms with E-state index in [0.29, 0.717) is 68.8 Å². The zero-order valence-electron chi connectivity index (χ0n) is 44.5. The van der Waals surface area contributed by atoms with Gasteiger partial charge in [-0.05, 0) is 203 Å². The standard InChI is InChI=1S/C64H86N2O7/c1-40-21-30-72-63(34-40,55-54(73-55)58(4,70)56(2,39-67)25-18-41-20-29-66-52(65)31-41)50-19-26-64(71)48-33-49(69)47-32-46(68)37-62-45-14-10-24-61(47,62)53(48)44(35-57(50,64)3)17-16-43-12-6-5-11-42(43)13-9-15-51(62)60(36-45)28-27-59(38-60)22-7-8-23-59/h5-6,10-12,14,20,31,33,40,44-47,50-51,53-55,66-68,70-71H,7-8,13,16-19,21-30,32,34-39,65H2,1-4H3. The van der Waals surface area contributed by atoms with Gasteiger partial charge in [-0.1, -0.05) is 87.9 Å². The highest BCUT2D eigenvalue weighted by atomic mass is 16.6. The summed E-state index contributed by atoms with van der Waals surface area (Å²) in [5, 5.41) is 54.1. The number of dihydropyridines is 1. The maximum absolute atomic E-state index is 15.8. The average Bonchev–Trinajstić information content (AvgIpc) is 3.70. The molecule has 73 heavy (non-hydrogen) atoms. The zero-order valence-corrected chi connectivity index (χ0v) is 44.5. The van der Waals surface area contributed by atoms with Crippen LogP contribution in [-0.2, 0) is 27.1 Å². The number of rotatable bonds is 8. The molecule has 6 saturated carbocycles. The Morgan fingerprint density at radius 1 is 0.973 bits per heavy atom. The Morgan fingerprint density at radius 2 is 1.78 bits per heavy atom. The Balaban J connectivity index is 0.933. The quantitative estimate of drug-likeness (QED) is 0.0849. The lowest BCUT2D eigenvalue weighted by molar-refractivity contribution is -0.225. The summed E-state index contributed by atoms with van der Waals surface area (Å²) in [7, 11) is 0. The van der Waals surface area contributed by atoms with Crippen LogP contribution in [0.5, 0.6) is 0 Å². The van der Waals surface area contributed by atoms with Crippen molar-refractivity contribution >= 4 is 5.78 Å². The van der Waals surface area contributed by atoms with E-state index in [1.165, 1.54) is 56.1 Å². The Kier molecular flexibility index (Phi) is 11.4. The molecular formula is C64H86N2O7. The van der Waals surface area contributed by atoms with Crippen molar-refractivity contribution in [3.05, 3.63) is 82.7 Å². The Bertz CT molecular complexity index is 2620. The number of hydrogen-bond acceptors (Lipinski definition) is 9. The molecule has 18 atom stereocenters. The number of nitrogens with one attached hydrogen (secondary N) is 1. The normalized spacial score (nSPS) is 47.4. The lowest BCUT2D eigenvalue weighted by Gasteiger charge is -2.71. The first kappa shape index (κ1) is 49.3. The first-order valence-electron chi connectivity index (χ1n) is 29.3. The fourth-order valence-corrected chi connectivity index (χ4v) is 21.3. The second-order valence-corrected chi connectivity index (χ2v) is 28.0. The van der Waals surface area contributed by atoms with E-state index >= 15 is 4.79 Å². The number of hydrogen-bond donors (Lipinski definition) is 6. The molecule has 3 heterocycles. The van der Waals surface area contributed by atoms with Gasteiger partial charge in [0.25, 0.3) is 0 Å². The number of carbonyl (C=O) groups excluding carboxylic acids is 1. The number of ether oxygens (including phenoxy) is 2. The minimum Gasteiger partial charge on any atom is -0.396 e. The number of fused-ring (bicyclic) bond motifs is 4. The van der Waals surface area contributed by atoms with Gasteiger partial charge in [-0.3, -0.25) is 4.79 Å². The van der Waals surface area contributed by atoms with Crippen molar-refractivity contribution in [1.82, 2.24) is 5.32 Å². The summed E-state index contributed by atoms with van der Waals surface area (Å²) >= 11 is 0. The lowest BCUT2D eigenvalue weighted by Crippen LogP contribution is -2.70. The van der Waals surface area contributed by atoms with Crippen LogP contribution in [-0.4, -0.2) is 81.1 Å². The number of epoxide rings is 1. The van der Waals surface area contributed by atoms with Crippen LogP contribution in [0, 0.1) is 85.8 Å². The van der Waals surface area contributed by atoms with Crippen molar-refractivity contribution in [3.8, 4) is 11.8 Å². The number of aryl methyl sites for hydroxylation is 1. The van der Waals surface area contributed by atoms with E-state index in [9.17, 15) is 20.4 Å². The van der Waals surface area contributed by atoms with Crippen molar-refractivity contribution in [2.24, 2.45) is 79.6 Å². The molecule has 13 rings (SSSR count). The van der Waals surface area contributed by atoms with Crippen molar-refractivity contribution in [2.45, 2.75) is 198 Å². The average molecular weight is 995 g/mol. The molecule has 8 fully saturated rings. The summed E-state index contributed by atoms with van der Waals surface area (Å²) in [6.45, 7) is 9.54. The first-order valence-corrected chi connectivity index (χ1v) is 29.3. The van der Waals surface area contributed by atoms with Crippen LogP contribution >= 0.6 is 0 Å². The molecule has 1 aromatic rings. The van der Waals surface area contributed by atoms with E-state index in [-0.39, 0.29) is 53.3 Å². The minimum absolute atomic E-state index is 0.0263. The Labute approximate surface area is 435 Å². The second kappa shape index (κ2) is 16.9. The van der Waals surface area contributed by atoms with Crippen LogP contribution < -0.4 is 11.1 Å². The Morgan fingerprint density at radius 3 is 2.56 bits per heavy atom. The van der Waals surface area contributed by atoms with Crippen molar-refractivity contribution in [1.29, 1.82) is 0 Å². The highest BCUT2D eigenvalue weighted by Crippen LogP contribution is 2.83. The smallest absolute Gasteiger partial charge is 0.159 e. The van der Waals surface area contributed by atoms with Gasteiger partial charge in [0.2, 0.25) is 0 Å². The van der Waals surface area contributed by atoms with Crippen molar-refractivity contribution in [3.63, 3.8) is 0 Å². The monoisotopic (exact) mass is 995 g/mol. The molecule has 9 heteroatoms. The van der Waals surface area contributed by atoms with E-state index in [4.69, 9.17) is 15.2 Å². The van der Waals surface area contributed by atoms with Crippen LogP contribution in [0.3, 0.4) is 0 Å². The molecule has 18 unspecified atom stereocenters. The highest BCUT2D eigenvalue weighted by molar-refractivity contribution is 5.95. The molecular weight excluding hydrogens is 909 g/mol. The third-order valence-electron chi connectivity index (χ3n) is 24.8. The number of nitrogens with two attached hydrogens (primary N) is 1. The Hall–Kier alpha value is -3.23. The molecule has 0 radical (unpaired) electrons. The SMILES string of the molecule is CC1CCOC(C2OC2C(C)(O)C(C)(CO)CCC2=CCNC(N)=C2)(C2CCC3(O)C4=CC(=O)C5CC(O)CC67C8C=CCC56C4C(CCc4ccccc4CC#CC7C4(CCC5(CCCC5)C4)C8)CC23C)C1. The highest BCUT2D eigenvalue weighted by Gasteiger charge is 2.81. The van der Waals surface area contributed by atoms with Crippen molar-refractivity contribution < 1.29 is 34.7 Å². The molecule has 4 spiro atoms. The summed E-state index contributed by atoms with van der Waals surface area (Å²) in [6, 6.07) is 8.98. The summed E-state index contributed by atoms with van der Waals surface area (Å²) in [4.78, 5) is 15.8. The van der Waals surface area contributed by atoms with E-state index in [1.807, 2.05) is 26.0 Å². The lowest BCUT2D eigenvalue weighted by atomic mass is 9.32. The van der Waals surface area contributed by atoms with Gasteiger partial charge in [-0.2, -0.15) is 0 Å². The van der Waals surface area contributed by atoms with Gasteiger partial charge in [0.1, 0.15) is 17.8 Å². The van der Waals surface area contributed by atoms with Gasteiger partial charge >= 0.3 is 0 Å². The molecule has 12 aliphatic rings. The molecule has 394 valence electrons. The molecule has 9 nitrogen and oxygen atoms in total. The van der Waals surface area contributed by atoms with Gasteiger partial charge in [-0.15, -0.1) is 0 Å². The number of aliphatic hydroxyl groups is 4. The van der Waals surface area contributed by atoms with Gasteiger partial charge in [0.05, 0.1) is 29.7 Å². The molecule has 0 aromatic heterocycles. The second-order valence-electron chi connectivity index (χ2n) is 28.0. The summed E-state index contributed by atoms with van der Waals surface area (Å²) in [5.74, 6) is 9.12. The van der Waals surface area contributed by atoms with E-state index in [0.717, 1.165) is 62.5 Å². The molecule has 1 aromatic carbocycles. The van der Waals surface area contributed by atoms with Crippen LogP contribution in [0.25, 0.3) is 0 Å². The number of carbonyl (C=O) groups is 1. The largest absolute Gasteiger partial charge is 0.396 e. The predicted octanol–water partition coefficient (Wildman–Crippen LogP) is 9.35. The number of ketones is 1. The summed E-state index contributed by atoms with van der Waals surface area (Å²) in [5.41, 5.74) is 5.36. The van der Waals surface area contributed by atoms with E-state index in [1.54, 1.807) is 0 Å². The fourth-order valence-electron chi connectivity index (χ4n) is 21.3. The number of allylic oxidation sites excluding steroid dienone is 5. The zero-order chi connectivity index (χ0) is 50.6. The topological polar surface area (TPSA) is 158 Å². The third-order valence-corrected chi connectivity index (χ3v) is 24.8. The van der Waals surface area contributed by atoms with Gasteiger partial charge in [0, 0.05) is 47.7 Å². The van der Waals surface area contributed by atoms with E-state index < -0.39 is 56.8 Å². The van der Waals surface area contributed by atoms with Crippen LogP contribution in [0.1, 0.15) is 161 Å². The molecule has 0 amide bonds. The maximum atomic E-state index is 15.8. The fraction of sp³-hybridized carbons (Fsp3) is 0.734. The number of aliphatic hydroxyl groups excluding tert-OH is 2. The molecule has 3 aliphatic heterocycles. The third kappa shape index (κ3) is 6.77. The van der Waals surface area contributed by atoms with Crippen LogP contribution in [0.2, 0.25) is 0 Å². The predicted molar refractivity (Wildman–Crippen MR) is 282 cm³/mol. The van der Waals surface area contributed by atoms with Gasteiger partial charge in [-0.25, -0.2) is 0 Å². The van der Waals surface area contributed by atoms with Crippen molar-refractivity contribution in [2.75, 3.05) is 19.8 Å². The van der Waals surface area contributed by atoms with Crippen LogP contribution in [0.4, 0.5) is 0 Å². The summed E-state index contributed by atoms with van der Waals surface area (Å²) in [6.07, 6.45) is 28.9. The van der Waals surface area contributed by atoms with Gasteiger partial charge < -0.3 is 41.0 Å². The number of benzene rings is 1. The minimum atomic E-state index is -1.40. The first-order chi connectivity index (χ1) is 34.9. The molecule has 2 saturated heterocycles. The molecule has 9 aliphatic carbocycles. The maximum Gasteiger partial charge on any atom is 0.159 e. The van der Waals surface area contributed by atoms with E-state index in [2.05, 4.69) is 73.5 Å². The summed E-state index contributed by atoms with van der Waals surface area (Å²) < 4.78 is 14.3. The molecule has 0 bridgehead atoms. The molecule has 7 N–H and O–H groups in total. The van der Waals surface area contributed by atoms with Crippen LogP contribution in [0.15, 0.2) is 71.6 Å². The van der Waals surface area contributed by atoms with Gasteiger partial charge in [0.15, 0.2) is 5.78 Å².